The van der Waals surface area contributed by atoms with Crippen LogP contribution in [-0.4, -0.2) is 4.99 Å². The molecule has 1 heterocycles. The SMILES string of the molecule is NC(=S)c1ccc(C[n+]2ccccc2)cc1. The average molecular weight is 229 g/mol. The van der Waals surface area contributed by atoms with Crippen molar-refractivity contribution < 1.29 is 4.57 Å². The Labute approximate surface area is 100 Å². The van der Waals surface area contributed by atoms with Crippen LogP contribution in [0.15, 0.2) is 54.9 Å². The minimum atomic E-state index is 0.443. The minimum Gasteiger partial charge on any atom is -0.389 e. The van der Waals surface area contributed by atoms with E-state index in [4.69, 9.17) is 18.0 Å². The largest absolute Gasteiger partial charge is 0.389 e. The lowest BCUT2D eigenvalue weighted by Crippen LogP contribution is -2.32. The summed E-state index contributed by atoms with van der Waals surface area (Å²) in [5, 5.41) is 0. The second-order valence-electron chi connectivity index (χ2n) is 3.61. The highest BCUT2D eigenvalue weighted by molar-refractivity contribution is 7.80. The Balaban J connectivity index is 2.14. The third-order valence-electron chi connectivity index (χ3n) is 2.38. The van der Waals surface area contributed by atoms with Gasteiger partial charge in [0.05, 0.1) is 0 Å². The first-order chi connectivity index (χ1) is 7.75. The van der Waals surface area contributed by atoms with Crippen molar-refractivity contribution in [2.75, 3.05) is 0 Å². The lowest BCUT2D eigenvalue weighted by Gasteiger charge is -2.00. The van der Waals surface area contributed by atoms with Crippen LogP contribution < -0.4 is 10.3 Å². The molecular weight excluding hydrogens is 216 g/mol. The molecule has 16 heavy (non-hydrogen) atoms. The molecule has 0 spiro atoms. The van der Waals surface area contributed by atoms with Crippen LogP contribution in [-0.2, 0) is 6.54 Å². The van der Waals surface area contributed by atoms with Crippen LogP contribution in [0.25, 0.3) is 0 Å². The van der Waals surface area contributed by atoms with Crippen molar-refractivity contribution >= 4 is 17.2 Å². The lowest BCUT2D eigenvalue weighted by atomic mass is 10.1. The van der Waals surface area contributed by atoms with Gasteiger partial charge in [0.2, 0.25) is 0 Å². The van der Waals surface area contributed by atoms with E-state index in [0.29, 0.717) is 4.99 Å². The van der Waals surface area contributed by atoms with Gasteiger partial charge in [-0.2, -0.15) is 0 Å². The molecule has 0 saturated heterocycles. The molecule has 0 aliphatic heterocycles. The monoisotopic (exact) mass is 229 g/mol. The van der Waals surface area contributed by atoms with Crippen LogP contribution in [0.1, 0.15) is 11.1 Å². The highest BCUT2D eigenvalue weighted by Crippen LogP contribution is 2.03. The summed E-state index contributed by atoms with van der Waals surface area (Å²) in [6.45, 7) is 0.860. The second-order valence-corrected chi connectivity index (χ2v) is 4.05. The molecule has 0 aliphatic carbocycles. The summed E-state index contributed by atoms with van der Waals surface area (Å²) >= 11 is 4.91. The van der Waals surface area contributed by atoms with Crippen LogP contribution in [0.3, 0.4) is 0 Å². The predicted octanol–water partition coefficient (Wildman–Crippen LogP) is 1.66. The predicted molar refractivity (Wildman–Crippen MR) is 68.1 cm³/mol. The van der Waals surface area contributed by atoms with Gasteiger partial charge in [-0.15, -0.1) is 0 Å². The molecule has 2 rings (SSSR count). The first-order valence-corrected chi connectivity index (χ1v) is 5.49. The number of rotatable bonds is 3. The van der Waals surface area contributed by atoms with Crippen molar-refractivity contribution in [1.82, 2.24) is 0 Å². The first kappa shape index (κ1) is 10.8. The smallest absolute Gasteiger partial charge is 0.173 e. The van der Waals surface area contributed by atoms with E-state index in [0.717, 1.165) is 12.1 Å². The van der Waals surface area contributed by atoms with E-state index >= 15 is 0 Å². The summed E-state index contributed by atoms with van der Waals surface area (Å²) in [7, 11) is 0. The number of thiocarbonyl (C=S) groups is 1. The summed E-state index contributed by atoms with van der Waals surface area (Å²) < 4.78 is 2.12. The Morgan fingerprint density at radius 3 is 2.25 bits per heavy atom. The number of benzene rings is 1. The highest BCUT2D eigenvalue weighted by Gasteiger charge is 2.01. The molecule has 2 nitrogen and oxygen atoms in total. The van der Waals surface area contributed by atoms with E-state index in [1.165, 1.54) is 5.56 Å². The molecule has 0 bridgehead atoms. The molecule has 0 unspecified atom stereocenters. The Hall–Kier alpha value is -1.74. The molecule has 1 aromatic heterocycles. The number of aromatic nitrogens is 1. The second kappa shape index (κ2) is 4.86. The van der Waals surface area contributed by atoms with Gasteiger partial charge in [-0.25, -0.2) is 4.57 Å². The van der Waals surface area contributed by atoms with E-state index in [1.54, 1.807) is 0 Å². The Kier molecular flexibility index (Phi) is 3.27. The molecule has 3 heteroatoms. The van der Waals surface area contributed by atoms with Gasteiger partial charge in [-0.05, 0) is 0 Å². The van der Waals surface area contributed by atoms with Crippen LogP contribution in [0, 0.1) is 0 Å². The van der Waals surface area contributed by atoms with Crippen LogP contribution in [0.4, 0.5) is 0 Å². The number of hydrogen-bond acceptors (Lipinski definition) is 1. The first-order valence-electron chi connectivity index (χ1n) is 5.08. The quantitative estimate of drug-likeness (QED) is 0.641. The third-order valence-corrected chi connectivity index (χ3v) is 2.62. The highest BCUT2D eigenvalue weighted by atomic mass is 32.1. The average Bonchev–Trinajstić information content (AvgIpc) is 2.31. The van der Waals surface area contributed by atoms with Gasteiger partial charge >= 0.3 is 0 Å². The van der Waals surface area contributed by atoms with Gasteiger partial charge in [0, 0.05) is 23.3 Å². The van der Waals surface area contributed by atoms with E-state index in [9.17, 15) is 0 Å². The van der Waals surface area contributed by atoms with Crippen molar-refractivity contribution in [1.29, 1.82) is 0 Å². The van der Waals surface area contributed by atoms with E-state index in [-0.39, 0.29) is 0 Å². The van der Waals surface area contributed by atoms with Crippen LogP contribution in [0.2, 0.25) is 0 Å². The zero-order chi connectivity index (χ0) is 11.4. The Morgan fingerprint density at radius 2 is 1.69 bits per heavy atom. The maximum Gasteiger partial charge on any atom is 0.173 e. The molecule has 0 aliphatic rings. The van der Waals surface area contributed by atoms with Crippen LogP contribution >= 0.6 is 12.2 Å². The number of nitrogens with zero attached hydrogens (tertiary/aromatic N) is 1. The van der Waals surface area contributed by atoms with Crippen molar-refractivity contribution in [3.05, 3.63) is 66.0 Å². The third kappa shape index (κ3) is 2.64. The maximum absolute atomic E-state index is 5.54. The molecule has 0 amide bonds. The topological polar surface area (TPSA) is 29.9 Å². The van der Waals surface area contributed by atoms with Crippen LogP contribution in [0.5, 0.6) is 0 Å². The van der Waals surface area contributed by atoms with E-state index in [2.05, 4.69) is 16.7 Å². The molecule has 0 saturated carbocycles. The van der Waals surface area contributed by atoms with Gasteiger partial charge < -0.3 is 5.73 Å². The number of nitrogens with two attached hydrogens (primary N) is 1. The standard InChI is InChI=1S/C13H12N2S/c14-13(16)12-6-4-11(5-7-12)10-15-8-2-1-3-9-15/h1-9H,10H2,(H-,14,16)/p+1. The number of pyridine rings is 1. The Bertz CT molecular complexity index is 477. The zero-order valence-corrected chi connectivity index (χ0v) is 9.65. The van der Waals surface area contributed by atoms with E-state index < -0.39 is 0 Å². The molecule has 1 aromatic carbocycles. The zero-order valence-electron chi connectivity index (χ0n) is 8.84. The summed E-state index contributed by atoms with van der Waals surface area (Å²) in [5.41, 5.74) is 7.69. The fourth-order valence-electron chi connectivity index (χ4n) is 1.52. The van der Waals surface area contributed by atoms with Gasteiger partial charge in [0.25, 0.3) is 0 Å². The molecule has 80 valence electrons. The van der Waals surface area contributed by atoms with Crippen molar-refractivity contribution in [3.8, 4) is 0 Å². The fraction of sp³-hybridized carbons (Fsp3) is 0.0769. The normalized spacial score (nSPS) is 10.0. The molecule has 2 aromatic rings. The van der Waals surface area contributed by atoms with E-state index in [1.807, 2.05) is 42.7 Å². The molecular formula is C13H13N2S+. The van der Waals surface area contributed by atoms with Crippen molar-refractivity contribution in [2.45, 2.75) is 6.54 Å². The van der Waals surface area contributed by atoms with Crippen molar-refractivity contribution in [3.63, 3.8) is 0 Å². The molecule has 0 radical (unpaired) electrons. The van der Waals surface area contributed by atoms with Crippen molar-refractivity contribution in [2.24, 2.45) is 5.73 Å². The van der Waals surface area contributed by atoms with Gasteiger partial charge in [-0.1, -0.05) is 42.5 Å². The lowest BCUT2D eigenvalue weighted by molar-refractivity contribution is -0.688. The fourth-order valence-corrected chi connectivity index (χ4v) is 1.66. The summed E-state index contributed by atoms with van der Waals surface area (Å²) in [5.74, 6) is 0. The number of hydrogen-bond donors (Lipinski definition) is 1. The van der Waals surface area contributed by atoms with Gasteiger partial charge in [0.1, 0.15) is 4.99 Å². The molecule has 0 fully saturated rings. The van der Waals surface area contributed by atoms with Gasteiger partial charge in [-0.3, -0.25) is 0 Å². The van der Waals surface area contributed by atoms with Gasteiger partial charge in [0.15, 0.2) is 18.9 Å². The maximum atomic E-state index is 5.54. The molecule has 0 atom stereocenters. The molecule has 2 N–H and O–H groups in total. The summed E-state index contributed by atoms with van der Waals surface area (Å²) in [4.78, 5) is 0.443. The summed E-state index contributed by atoms with van der Waals surface area (Å²) in [6.07, 6.45) is 4.09. The Morgan fingerprint density at radius 1 is 1.06 bits per heavy atom. The summed E-state index contributed by atoms with van der Waals surface area (Å²) in [6, 6.07) is 14.1. The minimum absolute atomic E-state index is 0.443.